The van der Waals surface area contributed by atoms with Crippen LogP contribution in [0.1, 0.15) is 31.0 Å². The van der Waals surface area contributed by atoms with E-state index in [0.29, 0.717) is 22.8 Å². The number of ether oxygens (including phenoxy) is 2. The van der Waals surface area contributed by atoms with Crippen molar-refractivity contribution < 1.29 is 28.8 Å². The summed E-state index contributed by atoms with van der Waals surface area (Å²) in [5.74, 6) is -3.45. The van der Waals surface area contributed by atoms with Crippen LogP contribution in [0.3, 0.4) is 0 Å². The third-order valence-corrected chi connectivity index (χ3v) is 6.07. The molecule has 194 valence electrons. The van der Waals surface area contributed by atoms with Crippen molar-refractivity contribution in [3.63, 3.8) is 0 Å². The van der Waals surface area contributed by atoms with E-state index in [1.54, 1.807) is 23.9 Å². The maximum absolute atomic E-state index is 14.4. The van der Waals surface area contributed by atoms with E-state index in [1.807, 2.05) is 19.1 Å². The Kier molecular flexibility index (Phi) is 7.24. The number of hydrogen-bond acceptors (Lipinski definition) is 6. The molecule has 4 rings (SSSR count). The van der Waals surface area contributed by atoms with Gasteiger partial charge < -0.3 is 15.2 Å². The largest absolute Gasteiger partial charge is 0.487 e. The van der Waals surface area contributed by atoms with E-state index in [4.69, 9.17) is 23.4 Å². The van der Waals surface area contributed by atoms with Crippen molar-refractivity contribution in [3.8, 4) is 17.1 Å². The van der Waals surface area contributed by atoms with Crippen molar-refractivity contribution in [2.75, 3.05) is 0 Å². The fraction of sp³-hybridized carbons (Fsp3) is 0.280. The van der Waals surface area contributed by atoms with Crippen molar-refractivity contribution in [1.29, 1.82) is 0 Å². The van der Waals surface area contributed by atoms with Crippen LogP contribution in [0.15, 0.2) is 42.7 Å². The van der Waals surface area contributed by atoms with Gasteiger partial charge in [-0.05, 0) is 36.8 Å². The van der Waals surface area contributed by atoms with Crippen LogP contribution in [-0.2, 0) is 23.2 Å². The summed E-state index contributed by atoms with van der Waals surface area (Å²) in [5, 5.41) is 4.71. The molecular formula is C25H23ClF3N5O3. The van der Waals surface area contributed by atoms with Gasteiger partial charge in [0.15, 0.2) is 5.82 Å². The number of para-hydroxylation sites is 1. The van der Waals surface area contributed by atoms with Gasteiger partial charge in [-0.15, -0.1) is 0 Å². The number of carbonyl (C=O) groups is 1. The number of aryl methyl sites for hydroxylation is 2. The molecule has 1 amide bonds. The Morgan fingerprint density at radius 1 is 1.30 bits per heavy atom. The molecule has 37 heavy (non-hydrogen) atoms. The Balaban J connectivity index is 1.77. The van der Waals surface area contributed by atoms with E-state index in [0.717, 1.165) is 30.0 Å². The molecule has 2 N–H and O–H groups in total. The fourth-order valence-corrected chi connectivity index (χ4v) is 4.33. The second-order valence-corrected chi connectivity index (χ2v) is 8.64. The van der Waals surface area contributed by atoms with Gasteiger partial charge in [0.1, 0.15) is 36.1 Å². The predicted octanol–water partition coefficient (Wildman–Crippen LogP) is 4.91. The first-order chi connectivity index (χ1) is 17.9. The highest BCUT2D eigenvalue weighted by molar-refractivity contribution is 6.31. The molecule has 2 aromatic heterocycles. The Hall–Kier alpha value is -3.70. The third kappa shape index (κ3) is 5.52. The molecule has 0 spiro atoms. The first-order valence-corrected chi connectivity index (χ1v) is 11.4. The standard InChI is InChI=1S/C25H23ClF3N5O3/c1-12-7-17(24-31-11-32-34(24)3)15-5-4-6-20(21(15)33-12)36-10-18-16(8-14(27)9-19(18)26)13(2)22(23(30)35)37-25(28)29/h4-9,11,13,22,25H,10H2,1-3H3,(H2,30,35)/i13D. The van der Waals surface area contributed by atoms with Gasteiger partial charge in [0, 0.05) is 36.5 Å². The molecule has 4 aromatic rings. The van der Waals surface area contributed by atoms with Crippen molar-refractivity contribution in [1.82, 2.24) is 19.7 Å². The number of benzene rings is 2. The number of rotatable bonds is 9. The summed E-state index contributed by atoms with van der Waals surface area (Å²) in [6.07, 6.45) is -0.667. The highest BCUT2D eigenvalue weighted by Crippen LogP contribution is 2.35. The molecule has 12 heteroatoms. The zero-order chi connectivity index (χ0) is 27.8. The zero-order valence-corrected chi connectivity index (χ0v) is 20.8. The minimum Gasteiger partial charge on any atom is -0.487 e. The minimum absolute atomic E-state index is 0.0906. The second kappa shape index (κ2) is 10.7. The topological polar surface area (TPSA) is 105 Å². The lowest BCUT2D eigenvalue weighted by Crippen LogP contribution is -2.37. The molecule has 0 saturated carbocycles. The molecule has 0 radical (unpaired) electrons. The number of nitrogens with two attached hydrogens (primary N) is 1. The summed E-state index contributed by atoms with van der Waals surface area (Å²) in [7, 11) is 1.76. The number of nitrogens with zero attached hydrogens (tertiary/aromatic N) is 4. The Labute approximate surface area is 216 Å². The molecule has 2 atom stereocenters. The van der Waals surface area contributed by atoms with Gasteiger partial charge in [0.2, 0.25) is 5.91 Å². The molecule has 0 bridgehead atoms. The Bertz CT molecular complexity index is 1520. The summed E-state index contributed by atoms with van der Waals surface area (Å²) < 4.78 is 61.0. The summed E-state index contributed by atoms with van der Waals surface area (Å²) in [6, 6.07) is 9.03. The van der Waals surface area contributed by atoms with Crippen LogP contribution >= 0.6 is 11.6 Å². The molecular weight excluding hydrogens is 511 g/mol. The third-order valence-electron chi connectivity index (χ3n) is 5.73. The van der Waals surface area contributed by atoms with Gasteiger partial charge in [-0.3, -0.25) is 4.79 Å². The molecule has 0 aliphatic heterocycles. The van der Waals surface area contributed by atoms with Crippen LogP contribution < -0.4 is 10.5 Å². The first kappa shape index (κ1) is 25.0. The average Bonchev–Trinajstić information content (AvgIpc) is 3.26. The molecule has 2 heterocycles. The van der Waals surface area contributed by atoms with E-state index in [1.165, 1.54) is 6.33 Å². The number of fused-ring (bicyclic) bond motifs is 1. The normalized spacial score (nSPS) is 14.4. The van der Waals surface area contributed by atoms with E-state index >= 15 is 0 Å². The van der Waals surface area contributed by atoms with Crippen molar-refractivity contribution in [2.24, 2.45) is 12.8 Å². The summed E-state index contributed by atoms with van der Waals surface area (Å²) in [5.41, 5.74) is 7.08. The number of hydrogen-bond donors (Lipinski definition) is 1. The molecule has 0 saturated heterocycles. The first-order valence-electron chi connectivity index (χ1n) is 11.5. The lowest BCUT2D eigenvalue weighted by molar-refractivity contribution is -0.177. The SMILES string of the molecule is [2H]C(C)(c1cc(F)cc(Cl)c1COc1cccc2c(-c3ncnn3C)cc(C)nc12)C(OC(F)F)C(N)=O. The average molecular weight is 535 g/mol. The molecule has 0 fully saturated rings. The van der Waals surface area contributed by atoms with Crippen molar-refractivity contribution in [2.45, 2.75) is 39.1 Å². The molecule has 2 unspecified atom stereocenters. The molecule has 2 aromatic carbocycles. The van der Waals surface area contributed by atoms with Gasteiger partial charge in [0.25, 0.3) is 0 Å². The lowest BCUT2D eigenvalue weighted by atomic mass is 9.90. The smallest absolute Gasteiger partial charge is 0.346 e. The van der Waals surface area contributed by atoms with E-state index in [-0.39, 0.29) is 22.8 Å². The number of primary amides is 1. The van der Waals surface area contributed by atoms with Crippen LogP contribution in [0.2, 0.25) is 5.02 Å². The second-order valence-electron chi connectivity index (χ2n) is 8.24. The van der Waals surface area contributed by atoms with Crippen molar-refractivity contribution >= 4 is 28.4 Å². The molecule has 0 aliphatic rings. The minimum atomic E-state index is -3.39. The quantitative estimate of drug-likeness (QED) is 0.327. The van der Waals surface area contributed by atoms with E-state index < -0.39 is 30.3 Å². The molecule has 0 aliphatic carbocycles. The lowest BCUT2D eigenvalue weighted by Gasteiger charge is -2.24. The predicted molar refractivity (Wildman–Crippen MR) is 131 cm³/mol. The van der Waals surface area contributed by atoms with Gasteiger partial charge >= 0.3 is 6.61 Å². The Morgan fingerprint density at radius 3 is 2.70 bits per heavy atom. The van der Waals surface area contributed by atoms with Gasteiger partial charge in [-0.1, -0.05) is 30.7 Å². The maximum atomic E-state index is 14.4. The van der Waals surface area contributed by atoms with Gasteiger partial charge in [-0.25, -0.2) is 19.0 Å². The number of carbonyl (C=O) groups excluding carboxylic acids is 1. The van der Waals surface area contributed by atoms with Crippen LogP contribution in [0.25, 0.3) is 22.3 Å². The van der Waals surface area contributed by atoms with Crippen LogP contribution in [0.4, 0.5) is 13.2 Å². The zero-order valence-electron chi connectivity index (χ0n) is 21.0. The highest BCUT2D eigenvalue weighted by Gasteiger charge is 2.31. The maximum Gasteiger partial charge on any atom is 0.346 e. The highest BCUT2D eigenvalue weighted by atomic mass is 35.5. The molecule has 8 nitrogen and oxygen atoms in total. The monoisotopic (exact) mass is 534 g/mol. The van der Waals surface area contributed by atoms with E-state index in [2.05, 4.69) is 19.8 Å². The summed E-state index contributed by atoms with van der Waals surface area (Å²) >= 11 is 6.31. The van der Waals surface area contributed by atoms with Crippen LogP contribution in [-0.4, -0.2) is 38.4 Å². The summed E-state index contributed by atoms with van der Waals surface area (Å²) in [6.45, 7) is -0.787. The summed E-state index contributed by atoms with van der Waals surface area (Å²) in [4.78, 5) is 20.8. The van der Waals surface area contributed by atoms with Crippen molar-refractivity contribution in [3.05, 3.63) is 70.4 Å². The number of alkyl halides is 2. The van der Waals surface area contributed by atoms with E-state index in [9.17, 15) is 18.0 Å². The number of halogens is 4. The van der Waals surface area contributed by atoms with Crippen LogP contribution in [0.5, 0.6) is 5.75 Å². The Morgan fingerprint density at radius 2 is 2.05 bits per heavy atom. The van der Waals surface area contributed by atoms with Gasteiger partial charge in [0.05, 0.1) is 5.02 Å². The van der Waals surface area contributed by atoms with Gasteiger partial charge in [-0.2, -0.15) is 13.9 Å². The van der Waals surface area contributed by atoms with Crippen LogP contribution in [0, 0.1) is 12.7 Å². The number of amides is 1. The number of pyridine rings is 1. The fourth-order valence-electron chi connectivity index (χ4n) is 4.07. The number of aromatic nitrogens is 4.